The van der Waals surface area contributed by atoms with Crippen molar-refractivity contribution >= 4 is 29.1 Å². The lowest BCUT2D eigenvalue weighted by molar-refractivity contribution is -0.113. The molecule has 3 aromatic rings. The molecule has 0 radical (unpaired) electrons. The molecule has 1 aromatic heterocycles. The molecule has 1 amide bonds. The van der Waals surface area contributed by atoms with Crippen LogP contribution in [0.25, 0.3) is 11.4 Å². The van der Waals surface area contributed by atoms with E-state index >= 15 is 0 Å². The smallest absolute Gasteiger partial charge is 0.234 e. The Kier molecular flexibility index (Phi) is 8.44. The average molecular weight is 453 g/mol. The summed E-state index contributed by atoms with van der Waals surface area (Å²) in [4.78, 5) is 23.9. The Balaban J connectivity index is 1.63. The SMILES string of the molecule is CCCCOc1ccc(-c2nnc(SCC(=O)Nc3cccc(C(C)=O)c3)n2CC)cc1. The predicted molar refractivity (Wildman–Crippen MR) is 127 cm³/mol. The molecular weight excluding hydrogens is 424 g/mol. The number of ketones is 1. The van der Waals surface area contributed by atoms with Crippen molar-refractivity contribution in [2.24, 2.45) is 0 Å². The van der Waals surface area contributed by atoms with E-state index in [9.17, 15) is 9.59 Å². The Morgan fingerprint density at radius 2 is 1.88 bits per heavy atom. The summed E-state index contributed by atoms with van der Waals surface area (Å²) in [6.07, 6.45) is 2.13. The van der Waals surface area contributed by atoms with Gasteiger partial charge in [-0.05, 0) is 56.7 Å². The van der Waals surface area contributed by atoms with Gasteiger partial charge in [0.05, 0.1) is 12.4 Å². The molecule has 3 rings (SSSR count). The van der Waals surface area contributed by atoms with Crippen molar-refractivity contribution in [1.29, 1.82) is 0 Å². The highest BCUT2D eigenvalue weighted by molar-refractivity contribution is 7.99. The van der Waals surface area contributed by atoms with Crippen LogP contribution in [-0.2, 0) is 11.3 Å². The standard InChI is InChI=1S/C24H28N4O3S/c1-4-6-14-31-21-12-10-18(11-13-21)23-26-27-24(28(23)5-2)32-16-22(30)25-20-9-7-8-19(15-20)17(3)29/h7-13,15H,4-6,14,16H2,1-3H3,(H,25,30). The maximum atomic E-state index is 12.4. The number of carbonyl (C=O) groups is 2. The van der Waals surface area contributed by atoms with Gasteiger partial charge in [0.25, 0.3) is 0 Å². The minimum absolute atomic E-state index is 0.0420. The Morgan fingerprint density at radius 1 is 1.09 bits per heavy atom. The normalized spacial score (nSPS) is 10.7. The zero-order valence-electron chi connectivity index (χ0n) is 18.6. The topological polar surface area (TPSA) is 86.1 Å². The minimum Gasteiger partial charge on any atom is -0.494 e. The number of Topliss-reactive ketones (excluding diaryl/α,β-unsaturated/α-hetero) is 1. The van der Waals surface area contributed by atoms with Gasteiger partial charge >= 0.3 is 0 Å². The molecule has 0 bridgehead atoms. The summed E-state index contributed by atoms with van der Waals surface area (Å²) in [7, 11) is 0. The van der Waals surface area contributed by atoms with Gasteiger partial charge in [-0.3, -0.25) is 9.59 Å². The average Bonchev–Trinajstić information content (AvgIpc) is 3.21. The monoisotopic (exact) mass is 452 g/mol. The van der Waals surface area contributed by atoms with Crippen molar-refractivity contribution in [3.8, 4) is 17.1 Å². The number of hydrogen-bond acceptors (Lipinski definition) is 6. The molecule has 0 aliphatic heterocycles. The number of thioether (sulfide) groups is 1. The van der Waals surface area contributed by atoms with E-state index in [2.05, 4.69) is 22.4 Å². The molecule has 0 fully saturated rings. The number of amides is 1. The van der Waals surface area contributed by atoms with E-state index in [1.54, 1.807) is 24.3 Å². The molecule has 7 nitrogen and oxygen atoms in total. The van der Waals surface area contributed by atoms with Gasteiger partial charge in [-0.15, -0.1) is 10.2 Å². The molecule has 2 aromatic carbocycles. The fourth-order valence-electron chi connectivity index (χ4n) is 3.07. The number of hydrogen-bond donors (Lipinski definition) is 1. The van der Waals surface area contributed by atoms with Crippen LogP contribution in [0.5, 0.6) is 5.75 Å². The number of anilines is 1. The fraction of sp³-hybridized carbons (Fsp3) is 0.333. The first-order valence-corrected chi connectivity index (χ1v) is 11.7. The molecule has 32 heavy (non-hydrogen) atoms. The molecule has 0 unspecified atom stereocenters. The van der Waals surface area contributed by atoms with Crippen LogP contribution in [-0.4, -0.2) is 38.8 Å². The number of rotatable bonds is 11. The quantitative estimate of drug-likeness (QED) is 0.248. The highest BCUT2D eigenvalue weighted by Crippen LogP contribution is 2.26. The van der Waals surface area contributed by atoms with Crippen LogP contribution in [0.15, 0.2) is 53.7 Å². The van der Waals surface area contributed by atoms with E-state index in [0.29, 0.717) is 29.6 Å². The molecule has 1 N–H and O–H groups in total. The van der Waals surface area contributed by atoms with Crippen molar-refractivity contribution < 1.29 is 14.3 Å². The van der Waals surface area contributed by atoms with Gasteiger partial charge in [0, 0.05) is 23.4 Å². The Bertz CT molecular complexity index is 1060. The summed E-state index contributed by atoms with van der Waals surface area (Å²) >= 11 is 1.33. The third-order valence-electron chi connectivity index (χ3n) is 4.80. The number of ether oxygens (including phenoxy) is 1. The molecule has 0 saturated heterocycles. The van der Waals surface area contributed by atoms with E-state index in [0.717, 1.165) is 30.0 Å². The first kappa shape index (κ1) is 23.5. The van der Waals surface area contributed by atoms with E-state index in [1.165, 1.54) is 18.7 Å². The second-order valence-electron chi connectivity index (χ2n) is 7.25. The van der Waals surface area contributed by atoms with Crippen LogP contribution in [0.1, 0.15) is 44.0 Å². The van der Waals surface area contributed by atoms with Crippen LogP contribution in [0, 0.1) is 0 Å². The molecule has 0 aliphatic carbocycles. The van der Waals surface area contributed by atoms with E-state index in [1.807, 2.05) is 35.8 Å². The summed E-state index contributed by atoms with van der Waals surface area (Å²) < 4.78 is 7.71. The summed E-state index contributed by atoms with van der Waals surface area (Å²) in [6, 6.07) is 14.7. The summed E-state index contributed by atoms with van der Waals surface area (Å²) in [5.74, 6) is 1.57. The molecule has 168 valence electrons. The van der Waals surface area contributed by atoms with Gasteiger partial charge in [-0.1, -0.05) is 37.2 Å². The third kappa shape index (κ3) is 6.20. The number of carbonyl (C=O) groups excluding carboxylic acids is 2. The number of aromatic nitrogens is 3. The highest BCUT2D eigenvalue weighted by Gasteiger charge is 2.15. The van der Waals surface area contributed by atoms with Crippen molar-refractivity contribution in [2.45, 2.75) is 45.3 Å². The predicted octanol–water partition coefficient (Wildman–Crippen LogP) is 5.08. The largest absolute Gasteiger partial charge is 0.494 e. The van der Waals surface area contributed by atoms with E-state index < -0.39 is 0 Å². The maximum Gasteiger partial charge on any atom is 0.234 e. The number of unbranched alkanes of at least 4 members (excludes halogenated alkanes) is 1. The third-order valence-corrected chi connectivity index (χ3v) is 5.76. The van der Waals surface area contributed by atoms with Crippen molar-refractivity contribution in [3.63, 3.8) is 0 Å². The van der Waals surface area contributed by atoms with Crippen LogP contribution >= 0.6 is 11.8 Å². The lowest BCUT2D eigenvalue weighted by Gasteiger charge is -2.09. The van der Waals surface area contributed by atoms with Crippen LogP contribution in [0.3, 0.4) is 0 Å². The van der Waals surface area contributed by atoms with Crippen molar-refractivity contribution in [3.05, 3.63) is 54.1 Å². The summed E-state index contributed by atoms with van der Waals surface area (Å²) in [6.45, 7) is 7.05. The summed E-state index contributed by atoms with van der Waals surface area (Å²) in [5, 5.41) is 12.1. The van der Waals surface area contributed by atoms with Gasteiger partial charge in [0.1, 0.15) is 5.75 Å². The molecule has 1 heterocycles. The fourth-order valence-corrected chi connectivity index (χ4v) is 3.87. The first-order valence-electron chi connectivity index (χ1n) is 10.7. The molecule has 0 atom stereocenters. The molecular formula is C24H28N4O3S. The van der Waals surface area contributed by atoms with E-state index in [4.69, 9.17) is 4.74 Å². The first-order chi connectivity index (χ1) is 15.5. The second kappa shape index (κ2) is 11.5. The van der Waals surface area contributed by atoms with Crippen LogP contribution < -0.4 is 10.1 Å². The van der Waals surface area contributed by atoms with Gasteiger partial charge in [-0.25, -0.2) is 0 Å². The number of nitrogens with zero attached hydrogens (tertiary/aromatic N) is 3. The molecule has 0 saturated carbocycles. The number of nitrogens with one attached hydrogen (secondary N) is 1. The Hall–Kier alpha value is -3.13. The van der Waals surface area contributed by atoms with Gasteiger partial charge in [0.2, 0.25) is 5.91 Å². The van der Waals surface area contributed by atoms with Crippen LogP contribution in [0.2, 0.25) is 0 Å². The molecule has 0 aliphatic rings. The Labute approximate surface area is 192 Å². The zero-order valence-corrected chi connectivity index (χ0v) is 19.4. The lowest BCUT2D eigenvalue weighted by atomic mass is 10.1. The van der Waals surface area contributed by atoms with Gasteiger partial charge in [-0.2, -0.15) is 0 Å². The van der Waals surface area contributed by atoms with Gasteiger partial charge < -0.3 is 14.6 Å². The van der Waals surface area contributed by atoms with Gasteiger partial charge in [0.15, 0.2) is 16.8 Å². The maximum absolute atomic E-state index is 12.4. The zero-order chi connectivity index (χ0) is 22.9. The highest BCUT2D eigenvalue weighted by atomic mass is 32.2. The van der Waals surface area contributed by atoms with E-state index in [-0.39, 0.29) is 17.4 Å². The number of benzene rings is 2. The molecule has 8 heteroatoms. The minimum atomic E-state index is -0.170. The molecule has 0 spiro atoms. The summed E-state index contributed by atoms with van der Waals surface area (Å²) in [5.41, 5.74) is 2.11. The second-order valence-corrected chi connectivity index (χ2v) is 8.19. The lowest BCUT2D eigenvalue weighted by Crippen LogP contribution is -2.15. The van der Waals surface area contributed by atoms with Crippen molar-refractivity contribution in [2.75, 3.05) is 17.7 Å². The Morgan fingerprint density at radius 3 is 2.56 bits per heavy atom. The van der Waals surface area contributed by atoms with Crippen LogP contribution in [0.4, 0.5) is 5.69 Å². The van der Waals surface area contributed by atoms with Crippen molar-refractivity contribution in [1.82, 2.24) is 14.8 Å².